The Morgan fingerprint density at radius 3 is 2.37 bits per heavy atom. The van der Waals surface area contributed by atoms with Crippen LogP contribution in [0, 0.1) is 0 Å². The number of amides is 1. The minimum Gasteiger partial charge on any atom is -0.370 e. The maximum absolute atomic E-state index is 12.0. The third kappa shape index (κ3) is 6.42. The van der Waals surface area contributed by atoms with Crippen LogP contribution >= 0.6 is 0 Å². The van der Waals surface area contributed by atoms with Crippen LogP contribution in [0.15, 0.2) is 4.99 Å². The van der Waals surface area contributed by atoms with E-state index in [9.17, 15) is 4.79 Å². The summed E-state index contributed by atoms with van der Waals surface area (Å²) in [5.74, 6) is 0.433. The van der Waals surface area contributed by atoms with E-state index in [1.54, 1.807) is 0 Å². The minimum absolute atomic E-state index is 0.143. The predicted octanol–water partition coefficient (Wildman–Crippen LogP) is -0.0157. The fourth-order valence-corrected chi connectivity index (χ4v) is 2.24. The van der Waals surface area contributed by atoms with Crippen LogP contribution in [0.2, 0.25) is 0 Å². The molecule has 0 bridgehead atoms. The minimum atomic E-state index is 0.143. The Morgan fingerprint density at radius 2 is 1.79 bits per heavy atom. The summed E-state index contributed by atoms with van der Waals surface area (Å²) in [6.07, 6.45) is 3.51. The zero-order valence-corrected chi connectivity index (χ0v) is 12.0. The molecular formula is C13H27N5O. The molecular weight excluding hydrogens is 242 g/mol. The topological polar surface area (TPSA) is 87.9 Å². The van der Waals surface area contributed by atoms with Crippen molar-refractivity contribution in [2.45, 2.75) is 32.6 Å². The fraction of sp³-hybridized carbons (Fsp3) is 0.846. The first-order valence-electron chi connectivity index (χ1n) is 7.19. The van der Waals surface area contributed by atoms with Gasteiger partial charge in [-0.15, -0.1) is 0 Å². The number of nitrogens with two attached hydrogens (primary N) is 2. The van der Waals surface area contributed by atoms with Gasteiger partial charge in [-0.1, -0.05) is 13.3 Å². The van der Waals surface area contributed by atoms with Crippen molar-refractivity contribution in [3.63, 3.8) is 0 Å². The van der Waals surface area contributed by atoms with Gasteiger partial charge in [-0.2, -0.15) is 0 Å². The van der Waals surface area contributed by atoms with Crippen LogP contribution in [0.4, 0.5) is 0 Å². The first kappa shape index (κ1) is 15.8. The summed E-state index contributed by atoms with van der Waals surface area (Å²) < 4.78 is 0. The summed E-state index contributed by atoms with van der Waals surface area (Å²) in [6, 6.07) is 0. The average Bonchev–Trinajstić information content (AvgIpc) is 2.42. The molecule has 0 unspecified atom stereocenters. The second-order valence-corrected chi connectivity index (χ2v) is 4.93. The van der Waals surface area contributed by atoms with Crippen LogP contribution in [-0.2, 0) is 4.79 Å². The third-order valence-corrected chi connectivity index (χ3v) is 3.52. The molecule has 4 N–H and O–H groups in total. The van der Waals surface area contributed by atoms with Crippen LogP contribution in [0.3, 0.4) is 0 Å². The lowest BCUT2D eigenvalue weighted by Crippen LogP contribution is -2.48. The van der Waals surface area contributed by atoms with E-state index in [-0.39, 0.29) is 11.9 Å². The van der Waals surface area contributed by atoms with E-state index in [1.165, 1.54) is 0 Å². The Balaban J connectivity index is 2.07. The van der Waals surface area contributed by atoms with Crippen molar-refractivity contribution in [1.29, 1.82) is 0 Å². The standard InChI is InChI=1S/C13H27N5O/c1-2-17-8-10-18(11-9-17)12(19)6-4-3-5-7-16-13(14)15/h2-11H2,1H3,(H4,14,15,16). The van der Waals surface area contributed by atoms with Gasteiger partial charge in [-0.05, 0) is 19.4 Å². The van der Waals surface area contributed by atoms with E-state index in [1.807, 2.05) is 4.90 Å². The highest BCUT2D eigenvalue weighted by atomic mass is 16.2. The fourth-order valence-electron chi connectivity index (χ4n) is 2.24. The molecule has 1 aliphatic heterocycles. The molecule has 0 aliphatic carbocycles. The van der Waals surface area contributed by atoms with E-state index in [0.29, 0.717) is 13.0 Å². The highest BCUT2D eigenvalue weighted by Gasteiger charge is 2.19. The van der Waals surface area contributed by atoms with Crippen molar-refractivity contribution < 1.29 is 4.79 Å². The third-order valence-electron chi connectivity index (χ3n) is 3.52. The zero-order valence-electron chi connectivity index (χ0n) is 12.0. The van der Waals surface area contributed by atoms with Gasteiger partial charge in [0.2, 0.25) is 5.91 Å². The monoisotopic (exact) mass is 269 g/mol. The lowest BCUT2D eigenvalue weighted by atomic mass is 10.1. The summed E-state index contributed by atoms with van der Waals surface area (Å²) in [7, 11) is 0. The van der Waals surface area contributed by atoms with Gasteiger partial charge in [-0.25, -0.2) is 0 Å². The normalized spacial score (nSPS) is 16.4. The second-order valence-electron chi connectivity index (χ2n) is 4.93. The van der Waals surface area contributed by atoms with Crippen molar-refractivity contribution in [3.8, 4) is 0 Å². The summed E-state index contributed by atoms with van der Waals surface area (Å²) in [4.78, 5) is 20.3. The Kier molecular flexibility index (Phi) is 7.25. The molecule has 6 heteroatoms. The maximum Gasteiger partial charge on any atom is 0.222 e. The molecule has 0 aromatic rings. The van der Waals surface area contributed by atoms with E-state index >= 15 is 0 Å². The van der Waals surface area contributed by atoms with Gasteiger partial charge in [0.1, 0.15) is 0 Å². The van der Waals surface area contributed by atoms with Crippen molar-refractivity contribution in [1.82, 2.24) is 9.80 Å². The Hall–Kier alpha value is -1.30. The molecule has 1 heterocycles. The van der Waals surface area contributed by atoms with Crippen LogP contribution in [-0.4, -0.2) is 60.9 Å². The maximum atomic E-state index is 12.0. The molecule has 0 radical (unpaired) electrons. The number of likely N-dealkylation sites (N-methyl/N-ethyl adjacent to an activating group) is 1. The van der Waals surface area contributed by atoms with Crippen LogP contribution in [0.5, 0.6) is 0 Å². The molecule has 0 aromatic heterocycles. The van der Waals surface area contributed by atoms with Crippen molar-refractivity contribution in [2.24, 2.45) is 16.5 Å². The molecule has 1 fully saturated rings. The molecule has 6 nitrogen and oxygen atoms in total. The first-order valence-corrected chi connectivity index (χ1v) is 7.19. The Labute approximate surface area is 115 Å². The van der Waals surface area contributed by atoms with Crippen LogP contribution in [0.1, 0.15) is 32.6 Å². The molecule has 1 saturated heterocycles. The van der Waals surface area contributed by atoms with Gasteiger partial charge >= 0.3 is 0 Å². The SMILES string of the molecule is CCN1CCN(C(=O)CCCCCN=C(N)N)CC1. The van der Waals surface area contributed by atoms with Gasteiger partial charge in [0.25, 0.3) is 0 Å². The number of guanidine groups is 1. The van der Waals surface area contributed by atoms with Gasteiger partial charge in [0, 0.05) is 39.1 Å². The van der Waals surface area contributed by atoms with E-state index < -0.39 is 0 Å². The molecule has 19 heavy (non-hydrogen) atoms. The predicted molar refractivity (Wildman–Crippen MR) is 77.8 cm³/mol. The van der Waals surface area contributed by atoms with E-state index in [2.05, 4.69) is 16.8 Å². The van der Waals surface area contributed by atoms with Crippen molar-refractivity contribution in [3.05, 3.63) is 0 Å². The lowest BCUT2D eigenvalue weighted by Gasteiger charge is -2.34. The number of rotatable bonds is 7. The second kappa shape index (κ2) is 8.74. The smallest absolute Gasteiger partial charge is 0.222 e. The molecule has 0 saturated carbocycles. The first-order chi connectivity index (χ1) is 9.13. The van der Waals surface area contributed by atoms with E-state index in [4.69, 9.17) is 11.5 Å². The molecule has 110 valence electrons. The quantitative estimate of drug-likeness (QED) is 0.386. The largest absolute Gasteiger partial charge is 0.370 e. The number of hydrogen-bond donors (Lipinski definition) is 2. The lowest BCUT2D eigenvalue weighted by molar-refractivity contribution is -0.133. The number of aliphatic imine (C=N–C) groups is 1. The Morgan fingerprint density at radius 1 is 1.11 bits per heavy atom. The molecule has 1 aliphatic rings. The number of carbonyl (C=O) groups excluding carboxylic acids is 1. The molecule has 1 rings (SSSR count). The van der Waals surface area contributed by atoms with Gasteiger partial charge < -0.3 is 21.3 Å². The highest BCUT2D eigenvalue weighted by molar-refractivity contribution is 5.76. The summed E-state index contributed by atoms with van der Waals surface area (Å²) in [5, 5.41) is 0. The summed E-state index contributed by atoms with van der Waals surface area (Å²) in [5.41, 5.74) is 10.5. The number of unbranched alkanes of at least 4 members (excludes halogenated alkanes) is 2. The number of piperazine rings is 1. The molecule has 1 amide bonds. The average molecular weight is 269 g/mol. The molecule has 0 aromatic carbocycles. The molecule has 0 spiro atoms. The zero-order chi connectivity index (χ0) is 14.1. The Bertz CT molecular complexity index is 293. The van der Waals surface area contributed by atoms with Gasteiger partial charge in [0.05, 0.1) is 0 Å². The summed E-state index contributed by atoms with van der Waals surface area (Å²) in [6.45, 7) is 7.66. The molecule has 0 atom stereocenters. The number of nitrogens with zero attached hydrogens (tertiary/aromatic N) is 3. The van der Waals surface area contributed by atoms with Crippen LogP contribution < -0.4 is 11.5 Å². The number of carbonyl (C=O) groups is 1. The van der Waals surface area contributed by atoms with Crippen molar-refractivity contribution in [2.75, 3.05) is 39.3 Å². The number of hydrogen-bond acceptors (Lipinski definition) is 3. The van der Waals surface area contributed by atoms with Crippen molar-refractivity contribution >= 4 is 11.9 Å². The summed E-state index contributed by atoms with van der Waals surface area (Å²) >= 11 is 0. The van der Waals surface area contributed by atoms with E-state index in [0.717, 1.165) is 52.0 Å². The van der Waals surface area contributed by atoms with Gasteiger partial charge in [0.15, 0.2) is 5.96 Å². The van der Waals surface area contributed by atoms with Gasteiger partial charge in [-0.3, -0.25) is 9.79 Å². The highest BCUT2D eigenvalue weighted by Crippen LogP contribution is 2.07. The van der Waals surface area contributed by atoms with Crippen LogP contribution in [0.25, 0.3) is 0 Å².